The second-order valence-corrected chi connectivity index (χ2v) is 4.73. The Morgan fingerprint density at radius 2 is 1.86 bits per heavy atom. The lowest BCUT2D eigenvalue weighted by molar-refractivity contribution is 0.415. The van der Waals surface area contributed by atoms with Crippen LogP contribution in [0, 0.1) is 0 Å². The predicted octanol–water partition coefficient (Wildman–Crippen LogP) is 3.31. The van der Waals surface area contributed by atoms with Crippen molar-refractivity contribution >= 4 is 23.3 Å². The SMILES string of the molecule is COc1ccc(/C=C/c2cccc3c2oc(=O)n3C)cc1. The van der Waals surface area contributed by atoms with Gasteiger partial charge in [-0.05, 0) is 23.8 Å². The first kappa shape index (κ1) is 13.2. The molecular weight excluding hydrogens is 266 g/mol. The van der Waals surface area contributed by atoms with Gasteiger partial charge in [-0.1, -0.05) is 36.4 Å². The normalized spacial score (nSPS) is 11.3. The molecule has 4 nitrogen and oxygen atoms in total. The summed E-state index contributed by atoms with van der Waals surface area (Å²) in [5.41, 5.74) is 3.32. The van der Waals surface area contributed by atoms with Crippen LogP contribution in [0.25, 0.3) is 23.3 Å². The maximum Gasteiger partial charge on any atom is 0.419 e. The summed E-state index contributed by atoms with van der Waals surface area (Å²) in [5, 5.41) is 0. The van der Waals surface area contributed by atoms with Crippen molar-refractivity contribution in [3.05, 3.63) is 64.1 Å². The van der Waals surface area contributed by atoms with E-state index in [1.165, 1.54) is 4.57 Å². The second-order valence-electron chi connectivity index (χ2n) is 4.73. The molecule has 3 rings (SSSR count). The van der Waals surface area contributed by atoms with Gasteiger partial charge in [-0.25, -0.2) is 4.79 Å². The average molecular weight is 281 g/mol. The Bertz CT molecular complexity index is 854. The number of rotatable bonds is 3. The third-order valence-corrected chi connectivity index (χ3v) is 3.42. The van der Waals surface area contributed by atoms with Crippen molar-refractivity contribution in [3.8, 4) is 5.75 Å². The predicted molar refractivity (Wildman–Crippen MR) is 83.4 cm³/mol. The van der Waals surface area contributed by atoms with Gasteiger partial charge in [0.2, 0.25) is 0 Å². The molecule has 0 amide bonds. The number of fused-ring (bicyclic) bond motifs is 1. The number of para-hydroxylation sites is 1. The van der Waals surface area contributed by atoms with E-state index in [0.29, 0.717) is 5.58 Å². The molecule has 0 N–H and O–H groups in total. The molecule has 0 aliphatic rings. The molecule has 3 aromatic rings. The minimum Gasteiger partial charge on any atom is -0.497 e. The van der Waals surface area contributed by atoms with Crippen molar-refractivity contribution < 1.29 is 9.15 Å². The van der Waals surface area contributed by atoms with E-state index in [1.54, 1.807) is 14.2 Å². The van der Waals surface area contributed by atoms with E-state index in [-0.39, 0.29) is 5.76 Å². The molecule has 0 radical (unpaired) electrons. The van der Waals surface area contributed by atoms with Crippen LogP contribution in [0.2, 0.25) is 0 Å². The van der Waals surface area contributed by atoms with Gasteiger partial charge < -0.3 is 9.15 Å². The van der Waals surface area contributed by atoms with Crippen molar-refractivity contribution in [2.75, 3.05) is 7.11 Å². The monoisotopic (exact) mass is 281 g/mol. The van der Waals surface area contributed by atoms with Gasteiger partial charge in [-0.15, -0.1) is 0 Å². The Hall–Kier alpha value is -2.75. The topological polar surface area (TPSA) is 44.4 Å². The Kier molecular flexibility index (Phi) is 3.36. The molecule has 0 spiro atoms. The van der Waals surface area contributed by atoms with E-state index in [0.717, 1.165) is 22.4 Å². The Labute approximate surface area is 121 Å². The molecule has 0 aliphatic carbocycles. The summed E-state index contributed by atoms with van der Waals surface area (Å²) in [6, 6.07) is 13.4. The highest BCUT2D eigenvalue weighted by Crippen LogP contribution is 2.20. The first-order chi connectivity index (χ1) is 10.2. The van der Waals surface area contributed by atoms with E-state index >= 15 is 0 Å². The lowest BCUT2D eigenvalue weighted by atomic mass is 10.1. The van der Waals surface area contributed by atoms with Crippen LogP contribution in [0.15, 0.2) is 51.7 Å². The molecular formula is C17H15NO3. The third kappa shape index (κ3) is 2.48. The summed E-state index contributed by atoms with van der Waals surface area (Å²) in [7, 11) is 3.34. The summed E-state index contributed by atoms with van der Waals surface area (Å²) in [5.74, 6) is 0.471. The van der Waals surface area contributed by atoms with Crippen molar-refractivity contribution in [1.82, 2.24) is 4.57 Å². The van der Waals surface area contributed by atoms with Crippen LogP contribution in [0.4, 0.5) is 0 Å². The fourth-order valence-electron chi connectivity index (χ4n) is 2.20. The molecule has 0 saturated carbocycles. The first-order valence-electron chi connectivity index (χ1n) is 6.60. The molecule has 106 valence electrons. The first-order valence-corrected chi connectivity index (χ1v) is 6.60. The zero-order valence-corrected chi connectivity index (χ0v) is 11.9. The van der Waals surface area contributed by atoms with Crippen molar-refractivity contribution in [3.63, 3.8) is 0 Å². The Morgan fingerprint density at radius 1 is 1.10 bits per heavy atom. The summed E-state index contributed by atoms with van der Waals surface area (Å²) in [6.45, 7) is 0. The summed E-state index contributed by atoms with van der Waals surface area (Å²) < 4.78 is 11.9. The highest BCUT2D eigenvalue weighted by atomic mass is 16.5. The lowest BCUT2D eigenvalue weighted by Crippen LogP contribution is -2.08. The molecule has 21 heavy (non-hydrogen) atoms. The fraction of sp³-hybridized carbons (Fsp3) is 0.118. The van der Waals surface area contributed by atoms with E-state index in [1.807, 2.05) is 54.6 Å². The molecule has 2 aromatic carbocycles. The standard InChI is InChI=1S/C17H15NO3/c1-18-15-5-3-4-13(16(15)21-17(18)19)9-6-12-7-10-14(20-2)11-8-12/h3-11H,1-2H3/b9-6+. The van der Waals surface area contributed by atoms with Gasteiger partial charge in [0.25, 0.3) is 0 Å². The van der Waals surface area contributed by atoms with Crippen LogP contribution in [0.1, 0.15) is 11.1 Å². The van der Waals surface area contributed by atoms with Crippen molar-refractivity contribution in [2.24, 2.45) is 7.05 Å². The van der Waals surface area contributed by atoms with E-state index in [4.69, 9.17) is 9.15 Å². The van der Waals surface area contributed by atoms with E-state index in [2.05, 4.69) is 0 Å². The van der Waals surface area contributed by atoms with Crippen LogP contribution in [0.3, 0.4) is 0 Å². The highest BCUT2D eigenvalue weighted by Gasteiger charge is 2.07. The number of nitrogens with zero attached hydrogens (tertiary/aromatic N) is 1. The van der Waals surface area contributed by atoms with Gasteiger partial charge in [0.05, 0.1) is 12.6 Å². The van der Waals surface area contributed by atoms with Crippen molar-refractivity contribution in [1.29, 1.82) is 0 Å². The molecule has 0 saturated heterocycles. The third-order valence-electron chi connectivity index (χ3n) is 3.42. The molecule has 0 unspecified atom stereocenters. The molecule has 1 aromatic heterocycles. The smallest absolute Gasteiger partial charge is 0.419 e. The molecule has 0 bridgehead atoms. The molecule has 4 heteroatoms. The van der Waals surface area contributed by atoms with Crippen LogP contribution in [-0.4, -0.2) is 11.7 Å². The van der Waals surface area contributed by atoms with Crippen LogP contribution in [-0.2, 0) is 7.05 Å². The number of methoxy groups -OCH3 is 1. The minimum atomic E-state index is -0.352. The van der Waals surface area contributed by atoms with Gasteiger partial charge in [0.15, 0.2) is 5.58 Å². The number of oxazole rings is 1. The summed E-state index contributed by atoms with van der Waals surface area (Å²) in [4.78, 5) is 11.6. The fourth-order valence-corrected chi connectivity index (χ4v) is 2.20. The van der Waals surface area contributed by atoms with Gasteiger partial charge in [-0.3, -0.25) is 4.57 Å². The molecule has 0 fully saturated rings. The Balaban J connectivity index is 1.99. The van der Waals surface area contributed by atoms with E-state index < -0.39 is 0 Å². The number of ether oxygens (including phenoxy) is 1. The van der Waals surface area contributed by atoms with Crippen LogP contribution >= 0.6 is 0 Å². The van der Waals surface area contributed by atoms with Crippen molar-refractivity contribution in [2.45, 2.75) is 0 Å². The van der Waals surface area contributed by atoms with Gasteiger partial charge >= 0.3 is 5.76 Å². The maximum atomic E-state index is 11.6. The lowest BCUT2D eigenvalue weighted by Gasteiger charge is -1.99. The second kappa shape index (κ2) is 5.32. The zero-order valence-electron chi connectivity index (χ0n) is 11.9. The number of aromatic nitrogens is 1. The number of benzene rings is 2. The highest BCUT2D eigenvalue weighted by molar-refractivity contribution is 5.86. The zero-order chi connectivity index (χ0) is 14.8. The largest absolute Gasteiger partial charge is 0.497 e. The summed E-state index contributed by atoms with van der Waals surface area (Å²) in [6.07, 6.45) is 3.91. The number of aryl methyl sites for hydroxylation is 1. The molecule has 0 atom stereocenters. The number of hydrogen-bond donors (Lipinski definition) is 0. The van der Waals surface area contributed by atoms with Gasteiger partial charge in [0, 0.05) is 12.6 Å². The minimum absolute atomic E-state index is 0.352. The van der Waals surface area contributed by atoms with Crippen LogP contribution < -0.4 is 10.5 Å². The molecule has 0 aliphatic heterocycles. The maximum absolute atomic E-state index is 11.6. The average Bonchev–Trinajstić information content (AvgIpc) is 2.81. The van der Waals surface area contributed by atoms with E-state index in [9.17, 15) is 4.79 Å². The number of hydrogen-bond acceptors (Lipinski definition) is 3. The van der Waals surface area contributed by atoms with Gasteiger partial charge in [0.1, 0.15) is 5.75 Å². The summed E-state index contributed by atoms with van der Waals surface area (Å²) >= 11 is 0. The Morgan fingerprint density at radius 3 is 2.57 bits per heavy atom. The molecule has 1 heterocycles. The van der Waals surface area contributed by atoms with Crippen LogP contribution in [0.5, 0.6) is 5.75 Å². The quantitative estimate of drug-likeness (QED) is 0.692. The van der Waals surface area contributed by atoms with Gasteiger partial charge in [-0.2, -0.15) is 0 Å².